The van der Waals surface area contributed by atoms with E-state index in [4.69, 9.17) is 9.47 Å². The summed E-state index contributed by atoms with van der Waals surface area (Å²) in [6.45, 7) is -0.940. The maximum Gasteiger partial charge on any atom is 0.483 e. The summed E-state index contributed by atoms with van der Waals surface area (Å²) in [6, 6.07) is -0.766. The van der Waals surface area contributed by atoms with Gasteiger partial charge in [0.1, 0.15) is 42.7 Å². The molecule has 222 valence electrons. The molecule has 9 N–H and O–H groups in total. The number of ether oxygens (including phenoxy) is 2. The summed E-state index contributed by atoms with van der Waals surface area (Å²) in [4.78, 5) is 56.4. The van der Waals surface area contributed by atoms with E-state index in [1.165, 1.54) is 0 Å². The fourth-order valence-electron chi connectivity index (χ4n) is 3.76. The number of nitrogens with one attached hydrogen (secondary N) is 2. The van der Waals surface area contributed by atoms with Crippen LogP contribution >= 0.6 is 15.6 Å². The minimum Gasteiger partial charge on any atom is -0.394 e. The van der Waals surface area contributed by atoms with E-state index in [2.05, 4.69) is 18.7 Å². The van der Waals surface area contributed by atoms with Crippen LogP contribution in [0.5, 0.6) is 0 Å². The van der Waals surface area contributed by atoms with Crippen LogP contribution < -0.4 is 16.6 Å². The highest BCUT2D eigenvalue weighted by atomic mass is 31.3. The van der Waals surface area contributed by atoms with Crippen LogP contribution in [0.2, 0.25) is 0 Å². The second-order valence-corrected chi connectivity index (χ2v) is 11.4. The number of phosphoric acid groups is 2. The third kappa shape index (κ3) is 7.66. The largest absolute Gasteiger partial charge is 0.483 e. The van der Waals surface area contributed by atoms with Crippen LogP contribution in [-0.4, -0.2) is 113 Å². The molecule has 2 aliphatic rings. The average Bonchev–Trinajstić information content (AvgIpc) is 3.10. The minimum absolute atomic E-state index is 0.723. The van der Waals surface area contributed by atoms with Crippen LogP contribution in [0.15, 0.2) is 21.9 Å². The van der Waals surface area contributed by atoms with Gasteiger partial charge < -0.3 is 50.1 Å². The molecule has 11 atom stereocenters. The molecule has 2 saturated heterocycles. The quantitative estimate of drug-likeness (QED) is 0.113. The molecule has 0 saturated carbocycles. The second-order valence-electron chi connectivity index (χ2n) is 8.42. The Morgan fingerprint density at radius 1 is 1.05 bits per heavy atom. The summed E-state index contributed by atoms with van der Waals surface area (Å²) in [5, 5.41) is 51.9. The van der Waals surface area contributed by atoms with Crippen molar-refractivity contribution in [2.45, 2.75) is 62.1 Å². The van der Waals surface area contributed by atoms with E-state index in [0.717, 1.165) is 23.8 Å². The van der Waals surface area contributed by atoms with E-state index in [1.54, 1.807) is 0 Å². The zero-order valence-corrected chi connectivity index (χ0v) is 21.6. The SMILES string of the molecule is CC(=O)N[C@H]1[C@H](OP(=O)(O)OP(=O)(O)OC[C@H]2O[C@H](n3ccc(=O)[nH]c3=O)[C@H](O)[C@@H]2O)O[C@H](CO)[C@H](O)[C@@H]1O. The number of aliphatic hydroxyl groups is 5. The molecule has 0 aromatic carbocycles. The Bertz CT molecular complexity index is 1240. The lowest BCUT2D eigenvalue weighted by atomic mass is 9.97. The van der Waals surface area contributed by atoms with E-state index >= 15 is 0 Å². The molecule has 2 unspecified atom stereocenters. The number of hydrogen-bond donors (Lipinski definition) is 9. The predicted octanol–water partition coefficient (Wildman–Crippen LogP) is -4.65. The third-order valence-corrected chi connectivity index (χ3v) is 8.16. The highest BCUT2D eigenvalue weighted by molar-refractivity contribution is 7.61. The molecule has 2 aliphatic heterocycles. The monoisotopic (exact) mass is 607 g/mol. The van der Waals surface area contributed by atoms with Gasteiger partial charge in [-0.3, -0.25) is 28.2 Å². The molecule has 1 amide bonds. The highest BCUT2D eigenvalue weighted by Crippen LogP contribution is 2.61. The van der Waals surface area contributed by atoms with Gasteiger partial charge in [0, 0.05) is 19.2 Å². The summed E-state index contributed by atoms with van der Waals surface area (Å²) in [6.07, 6.45) is -13.0. The van der Waals surface area contributed by atoms with E-state index in [-0.39, 0.29) is 0 Å². The number of phosphoric ester groups is 2. The van der Waals surface area contributed by atoms with Gasteiger partial charge in [-0.15, -0.1) is 0 Å². The topological polar surface area (TPSA) is 306 Å². The Balaban J connectivity index is 1.66. The number of hydrogen-bond acceptors (Lipinski definition) is 15. The summed E-state index contributed by atoms with van der Waals surface area (Å²) in [7, 11) is -11.1. The fraction of sp³-hybridized carbons (Fsp3) is 0.706. The Kier molecular flexibility index (Phi) is 10.0. The standard InChI is InChI=1S/C17H27N3O17P2/c1-6(22)18-10-13(26)11(24)7(4-21)35-16(10)36-39(31,32)37-38(29,30)33-5-8-12(25)14(27)15(34-8)20-3-2-9(23)19-17(20)28/h2-3,7-8,10-16,21,24-27H,4-5H2,1H3,(H,18,22)(H,29,30)(H,31,32)(H,19,23,28)/t7-,8-,10-,11+,12-,13-,14-,15+,16+/m1/s1. The third-order valence-electron chi connectivity index (χ3n) is 5.56. The van der Waals surface area contributed by atoms with Gasteiger partial charge in [0.25, 0.3) is 5.56 Å². The smallest absolute Gasteiger partial charge is 0.394 e. The number of H-pyrrole nitrogens is 1. The molecule has 0 spiro atoms. The second kappa shape index (κ2) is 12.3. The van der Waals surface area contributed by atoms with Crippen LogP contribution in [0.1, 0.15) is 13.2 Å². The Morgan fingerprint density at radius 3 is 2.28 bits per heavy atom. The van der Waals surface area contributed by atoms with Gasteiger partial charge in [-0.1, -0.05) is 0 Å². The lowest BCUT2D eigenvalue weighted by Gasteiger charge is -2.42. The van der Waals surface area contributed by atoms with Gasteiger partial charge in [-0.25, -0.2) is 13.9 Å². The average molecular weight is 607 g/mol. The Labute approximate surface area is 217 Å². The number of aliphatic hydroxyl groups excluding tert-OH is 5. The van der Waals surface area contributed by atoms with Gasteiger partial charge in [0.05, 0.1) is 13.2 Å². The van der Waals surface area contributed by atoms with E-state index in [9.17, 15) is 58.8 Å². The van der Waals surface area contributed by atoms with Crippen LogP contribution in [0, 0.1) is 0 Å². The van der Waals surface area contributed by atoms with Gasteiger partial charge in [-0.2, -0.15) is 4.31 Å². The first-order valence-electron chi connectivity index (χ1n) is 11.0. The molecule has 0 aliphatic carbocycles. The lowest BCUT2D eigenvalue weighted by molar-refractivity contribution is -0.247. The molecule has 3 rings (SSSR count). The zero-order valence-electron chi connectivity index (χ0n) is 19.8. The minimum atomic E-state index is -5.63. The zero-order chi connectivity index (χ0) is 29.3. The van der Waals surface area contributed by atoms with Crippen molar-refractivity contribution < 1.29 is 72.1 Å². The predicted molar refractivity (Wildman–Crippen MR) is 120 cm³/mol. The number of aromatic amines is 1. The number of rotatable bonds is 10. The molecular formula is C17H27N3O17P2. The summed E-state index contributed by atoms with van der Waals surface area (Å²) in [5.41, 5.74) is -1.75. The van der Waals surface area contributed by atoms with E-state index in [0.29, 0.717) is 0 Å². The molecule has 3 heterocycles. The van der Waals surface area contributed by atoms with Gasteiger partial charge in [0.15, 0.2) is 12.5 Å². The van der Waals surface area contributed by atoms with Crippen molar-refractivity contribution in [3.63, 3.8) is 0 Å². The first-order valence-corrected chi connectivity index (χ1v) is 14.0. The van der Waals surface area contributed by atoms with Crippen molar-refractivity contribution in [2.75, 3.05) is 13.2 Å². The fourth-order valence-corrected chi connectivity index (χ4v) is 5.92. The normalized spacial score (nSPS) is 36.2. The highest BCUT2D eigenvalue weighted by Gasteiger charge is 2.50. The van der Waals surface area contributed by atoms with Crippen molar-refractivity contribution in [3.8, 4) is 0 Å². The van der Waals surface area contributed by atoms with E-state index in [1.807, 2.05) is 4.98 Å². The van der Waals surface area contributed by atoms with Crippen LogP contribution in [0.3, 0.4) is 0 Å². The molecule has 1 aromatic rings. The van der Waals surface area contributed by atoms with E-state index < -0.39 is 101 Å². The summed E-state index contributed by atoms with van der Waals surface area (Å²) < 4.78 is 49.2. The van der Waals surface area contributed by atoms with Gasteiger partial charge in [0.2, 0.25) is 5.91 Å². The number of aromatic nitrogens is 2. The maximum absolute atomic E-state index is 12.4. The number of nitrogens with zero attached hydrogens (tertiary/aromatic N) is 1. The van der Waals surface area contributed by atoms with Crippen molar-refractivity contribution >= 4 is 21.6 Å². The number of amides is 1. The van der Waals surface area contributed by atoms with Gasteiger partial charge in [-0.05, 0) is 0 Å². The molecule has 0 bridgehead atoms. The van der Waals surface area contributed by atoms with Crippen LogP contribution in [-0.2, 0) is 36.8 Å². The summed E-state index contributed by atoms with van der Waals surface area (Å²) in [5.74, 6) is -0.796. The Morgan fingerprint density at radius 2 is 1.69 bits per heavy atom. The van der Waals surface area contributed by atoms with Crippen molar-refractivity contribution in [3.05, 3.63) is 33.1 Å². The Hall–Kier alpha value is -1.87. The maximum atomic E-state index is 12.4. The lowest BCUT2D eigenvalue weighted by Crippen LogP contribution is -2.64. The molecular weight excluding hydrogens is 580 g/mol. The number of carbonyl (C=O) groups is 1. The van der Waals surface area contributed by atoms with Crippen molar-refractivity contribution in [1.82, 2.24) is 14.9 Å². The molecule has 20 nitrogen and oxygen atoms in total. The summed E-state index contributed by atoms with van der Waals surface area (Å²) >= 11 is 0. The molecule has 1 aromatic heterocycles. The van der Waals surface area contributed by atoms with Crippen LogP contribution in [0.25, 0.3) is 0 Å². The molecule has 2 fully saturated rings. The first-order chi connectivity index (χ1) is 18.0. The molecule has 39 heavy (non-hydrogen) atoms. The molecule has 0 radical (unpaired) electrons. The number of carbonyl (C=O) groups excluding carboxylic acids is 1. The molecule has 22 heteroatoms. The van der Waals surface area contributed by atoms with Crippen molar-refractivity contribution in [2.24, 2.45) is 0 Å². The van der Waals surface area contributed by atoms with Gasteiger partial charge >= 0.3 is 21.3 Å². The first kappa shape index (κ1) is 31.7. The van der Waals surface area contributed by atoms with Crippen molar-refractivity contribution in [1.29, 1.82) is 0 Å². The van der Waals surface area contributed by atoms with Crippen LogP contribution in [0.4, 0.5) is 0 Å².